The van der Waals surface area contributed by atoms with E-state index in [9.17, 15) is 4.79 Å². The predicted molar refractivity (Wildman–Crippen MR) is 94.0 cm³/mol. The SMILES string of the molecule is CC1CCC(OC(C)(CI)CNC(=O)OC(C)(C)C)CC1. The minimum Gasteiger partial charge on any atom is -0.444 e. The van der Waals surface area contributed by atoms with Gasteiger partial charge in [0.1, 0.15) is 5.60 Å². The van der Waals surface area contributed by atoms with Crippen LogP contribution in [0, 0.1) is 5.92 Å². The third-order valence-corrected chi connectivity index (χ3v) is 5.32. The monoisotopic (exact) mass is 411 g/mol. The van der Waals surface area contributed by atoms with E-state index in [1.165, 1.54) is 12.8 Å². The molecule has 0 saturated heterocycles. The third-order valence-electron chi connectivity index (χ3n) is 3.70. The van der Waals surface area contributed by atoms with Crippen LogP contribution >= 0.6 is 22.6 Å². The Kier molecular flexibility index (Phi) is 7.24. The number of rotatable bonds is 5. The molecule has 1 fully saturated rings. The topological polar surface area (TPSA) is 47.6 Å². The van der Waals surface area contributed by atoms with Crippen molar-refractivity contribution in [2.24, 2.45) is 5.92 Å². The van der Waals surface area contributed by atoms with E-state index in [2.05, 4.69) is 41.8 Å². The zero-order valence-corrected chi connectivity index (χ0v) is 16.2. The van der Waals surface area contributed by atoms with Gasteiger partial charge in [-0.2, -0.15) is 0 Å². The Morgan fingerprint density at radius 1 is 1.19 bits per heavy atom. The summed E-state index contributed by atoms with van der Waals surface area (Å²) < 4.78 is 12.4. The second-order valence-electron chi connectivity index (χ2n) is 7.44. The maximum atomic E-state index is 11.8. The lowest BCUT2D eigenvalue weighted by atomic mass is 9.88. The van der Waals surface area contributed by atoms with Crippen LogP contribution in [0.2, 0.25) is 0 Å². The van der Waals surface area contributed by atoms with Crippen molar-refractivity contribution in [2.75, 3.05) is 11.0 Å². The van der Waals surface area contributed by atoms with E-state index in [1.807, 2.05) is 20.8 Å². The van der Waals surface area contributed by atoms with Crippen molar-refractivity contribution in [2.45, 2.75) is 77.6 Å². The molecular formula is C16H30INO3. The minimum absolute atomic E-state index is 0.321. The van der Waals surface area contributed by atoms with E-state index in [0.29, 0.717) is 12.6 Å². The van der Waals surface area contributed by atoms with Gasteiger partial charge in [0.25, 0.3) is 0 Å². The summed E-state index contributed by atoms with van der Waals surface area (Å²) in [6.07, 6.45) is 4.67. The first kappa shape index (κ1) is 19.0. The van der Waals surface area contributed by atoms with Crippen LogP contribution in [-0.4, -0.2) is 34.4 Å². The number of hydrogen-bond acceptors (Lipinski definition) is 3. The standard InChI is InChI=1S/C16H30INO3/c1-12-6-8-13(9-7-12)20-16(5,10-17)11-18-14(19)21-15(2,3)4/h12-13H,6-11H2,1-5H3,(H,18,19). The number of ether oxygens (including phenoxy) is 2. The summed E-state index contributed by atoms with van der Waals surface area (Å²) in [6.45, 7) is 10.4. The van der Waals surface area contributed by atoms with E-state index < -0.39 is 5.60 Å². The Hall–Kier alpha value is -0.0400. The summed E-state index contributed by atoms with van der Waals surface area (Å²) in [4.78, 5) is 11.8. The molecule has 1 amide bonds. The summed E-state index contributed by atoms with van der Waals surface area (Å²) in [6, 6.07) is 0. The maximum Gasteiger partial charge on any atom is 0.407 e. The summed E-state index contributed by atoms with van der Waals surface area (Å²) >= 11 is 2.32. The Bertz CT molecular complexity index is 335. The van der Waals surface area contributed by atoms with Gasteiger partial charge in [-0.05, 0) is 59.3 Å². The maximum absolute atomic E-state index is 11.8. The summed E-state index contributed by atoms with van der Waals surface area (Å²) in [7, 11) is 0. The van der Waals surface area contributed by atoms with E-state index >= 15 is 0 Å². The number of carbonyl (C=O) groups is 1. The van der Waals surface area contributed by atoms with Crippen molar-refractivity contribution in [3.63, 3.8) is 0 Å². The number of halogens is 1. The van der Waals surface area contributed by atoms with E-state index in [4.69, 9.17) is 9.47 Å². The molecule has 1 aliphatic rings. The molecule has 0 aliphatic heterocycles. The zero-order chi connectivity index (χ0) is 16.1. The molecule has 1 rings (SSSR count). The zero-order valence-electron chi connectivity index (χ0n) is 14.0. The first-order valence-electron chi connectivity index (χ1n) is 7.84. The second kappa shape index (κ2) is 7.99. The lowest BCUT2D eigenvalue weighted by Crippen LogP contribution is -2.47. The predicted octanol–water partition coefficient (Wildman–Crippen LogP) is 4.30. The molecule has 5 heteroatoms. The van der Waals surface area contributed by atoms with Crippen LogP contribution in [0.25, 0.3) is 0 Å². The Morgan fingerprint density at radius 3 is 2.24 bits per heavy atom. The molecule has 1 aliphatic carbocycles. The average Bonchev–Trinajstić information content (AvgIpc) is 2.37. The fourth-order valence-electron chi connectivity index (χ4n) is 2.44. The second-order valence-corrected chi connectivity index (χ2v) is 8.20. The van der Waals surface area contributed by atoms with Crippen LogP contribution < -0.4 is 5.32 Å². The van der Waals surface area contributed by atoms with Gasteiger partial charge >= 0.3 is 6.09 Å². The van der Waals surface area contributed by atoms with Crippen molar-refractivity contribution in [1.82, 2.24) is 5.32 Å². The van der Waals surface area contributed by atoms with Crippen LogP contribution in [0.3, 0.4) is 0 Å². The van der Waals surface area contributed by atoms with Gasteiger partial charge in [0, 0.05) is 4.43 Å². The lowest BCUT2D eigenvalue weighted by Gasteiger charge is -2.36. The normalized spacial score (nSPS) is 26.0. The van der Waals surface area contributed by atoms with Crippen LogP contribution in [0.15, 0.2) is 0 Å². The highest BCUT2D eigenvalue weighted by Crippen LogP contribution is 2.29. The van der Waals surface area contributed by atoms with Gasteiger partial charge in [-0.1, -0.05) is 29.5 Å². The highest BCUT2D eigenvalue weighted by atomic mass is 127. The first-order chi connectivity index (χ1) is 9.63. The number of amides is 1. The molecular weight excluding hydrogens is 381 g/mol. The molecule has 21 heavy (non-hydrogen) atoms. The first-order valence-corrected chi connectivity index (χ1v) is 9.37. The molecule has 0 bridgehead atoms. The molecule has 0 aromatic carbocycles. The van der Waals surface area contributed by atoms with Crippen LogP contribution in [0.1, 0.15) is 60.3 Å². The van der Waals surface area contributed by atoms with Gasteiger partial charge in [0.05, 0.1) is 18.2 Å². The molecule has 1 N–H and O–H groups in total. The van der Waals surface area contributed by atoms with Gasteiger partial charge in [0.2, 0.25) is 0 Å². The number of carbonyl (C=O) groups excluding carboxylic acids is 1. The quantitative estimate of drug-likeness (QED) is 0.542. The lowest BCUT2D eigenvalue weighted by molar-refractivity contribution is -0.0822. The molecule has 1 saturated carbocycles. The Morgan fingerprint density at radius 2 is 1.76 bits per heavy atom. The molecule has 4 nitrogen and oxygen atoms in total. The molecule has 0 heterocycles. The van der Waals surface area contributed by atoms with Gasteiger partial charge in [-0.3, -0.25) is 0 Å². The van der Waals surface area contributed by atoms with Gasteiger partial charge < -0.3 is 14.8 Å². The summed E-state index contributed by atoms with van der Waals surface area (Å²) in [5.74, 6) is 0.815. The molecule has 1 atom stereocenters. The van der Waals surface area contributed by atoms with Crippen LogP contribution in [0.5, 0.6) is 0 Å². The minimum atomic E-state index is -0.467. The molecule has 0 spiro atoms. The van der Waals surface area contributed by atoms with Gasteiger partial charge in [-0.25, -0.2) is 4.79 Å². The van der Waals surface area contributed by atoms with E-state index in [-0.39, 0.29) is 11.7 Å². The number of nitrogens with one attached hydrogen (secondary N) is 1. The number of alkyl halides is 1. The van der Waals surface area contributed by atoms with Crippen LogP contribution in [-0.2, 0) is 9.47 Å². The van der Waals surface area contributed by atoms with E-state index in [1.54, 1.807) is 0 Å². The fourth-order valence-corrected chi connectivity index (χ4v) is 2.89. The number of hydrogen-bond donors (Lipinski definition) is 1. The highest BCUT2D eigenvalue weighted by Gasteiger charge is 2.31. The van der Waals surface area contributed by atoms with Crippen LogP contribution in [0.4, 0.5) is 4.79 Å². The van der Waals surface area contributed by atoms with E-state index in [0.717, 1.165) is 23.2 Å². The smallest absolute Gasteiger partial charge is 0.407 e. The largest absolute Gasteiger partial charge is 0.444 e. The van der Waals surface area contributed by atoms with Gasteiger partial charge in [-0.15, -0.1) is 0 Å². The van der Waals surface area contributed by atoms with Crippen molar-refractivity contribution in [3.05, 3.63) is 0 Å². The molecule has 0 aromatic rings. The third kappa shape index (κ3) is 7.68. The summed E-state index contributed by atoms with van der Waals surface area (Å²) in [5, 5.41) is 2.84. The van der Waals surface area contributed by atoms with Crippen molar-refractivity contribution < 1.29 is 14.3 Å². The average molecular weight is 411 g/mol. The van der Waals surface area contributed by atoms with Crippen molar-refractivity contribution in [3.8, 4) is 0 Å². The summed E-state index contributed by atoms with van der Waals surface area (Å²) in [5.41, 5.74) is -0.798. The van der Waals surface area contributed by atoms with Gasteiger partial charge in [0.15, 0.2) is 0 Å². The Balaban J connectivity index is 2.42. The Labute approximate surface area is 142 Å². The molecule has 0 aromatic heterocycles. The number of alkyl carbamates (subject to hydrolysis) is 1. The fraction of sp³-hybridized carbons (Fsp3) is 0.938. The van der Waals surface area contributed by atoms with Crippen molar-refractivity contribution >= 4 is 28.7 Å². The molecule has 1 unspecified atom stereocenters. The highest BCUT2D eigenvalue weighted by molar-refractivity contribution is 14.1. The molecule has 0 radical (unpaired) electrons. The van der Waals surface area contributed by atoms with Crippen molar-refractivity contribution in [1.29, 1.82) is 0 Å². The molecule has 124 valence electrons.